The zero-order valence-electron chi connectivity index (χ0n) is 16.2. The number of nitrogens with two attached hydrogens (primary N) is 2. The van der Waals surface area contributed by atoms with E-state index in [0.29, 0.717) is 28.7 Å². The summed E-state index contributed by atoms with van der Waals surface area (Å²) in [5.74, 6) is 2.51. The molecule has 0 saturated heterocycles. The first kappa shape index (κ1) is 18.9. The molecule has 1 aliphatic carbocycles. The number of hydrogen-bond acceptors (Lipinski definition) is 6. The number of ether oxygens (including phenoxy) is 4. The molecule has 1 unspecified atom stereocenters. The number of hydrogen-bond donors (Lipinski definition) is 2. The highest BCUT2D eigenvalue weighted by Gasteiger charge is 2.26. The summed E-state index contributed by atoms with van der Waals surface area (Å²) in [6, 6.07) is 7.62. The van der Waals surface area contributed by atoms with Gasteiger partial charge in [-0.15, -0.1) is 0 Å². The number of fused-ring (bicyclic) bond motifs is 1. The van der Waals surface area contributed by atoms with Crippen molar-refractivity contribution in [2.24, 2.45) is 5.73 Å². The Morgan fingerprint density at radius 3 is 2.19 bits per heavy atom. The van der Waals surface area contributed by atoms with Gasteiger partial charge in [-0.1, -0.05) is 12.1 Å². The van der Waals surface area contributed by atoms with Crippen LogP contribution >= 0.6 is 0 Å². The van der Waals surface area contributed by atoms with Gasteiger partial charge < -0.3 is 30.4 Å². The van der Waals surface area contributed by atoms with Gasteiger partial charge in [-0.3, -0.25) is 0 Å². The molecule has 4 N–H and O–H groups in total. The van der Waals surface area contributed by atoms with Crippen molar-refractivity contribution in [3.8, 4) is 23.0 Å². The van der Waals surface area contributed by atoms with Crippen LogP contribution in [0, 0.1) is 0 Å². The number of methoxy groups -OCH3 is 4. The normalized spacial score (nSPS) is 16.0. The quantitative estimate of drug-likeness (QED) is 0.787. The van der Waals surface area contributed by atoms with Crippen LogP contribution in [0.2, 0.25) is 0 Å². The summed E-state index contributed by atoms with van der Waals surface area (Å²) in [7, 11) is 6.46. The molecule has 2 aromatic rings. The van der Waals surface area contributed by atoms with Gasteiger partial charge in [0.15, 0.2) is 11.5 Å². The van der Waals surface area contributed by atoms with E-state index in [0.717, 1.165) is 35.1 Å². The lowest BCUT2D eigenvalue weighted by atomic mass is 9.92. The Hall–Kier alpha value is -2.86. The van der Waals surface area contributed by atoms with E-state index in [2.05, 4.69) is 6.08 Å². The van der Waals surface area contributed by atoms with Gasteiger partial charge in [0.2, 0.25) is 5.75 Å². The second-order valence-electron chi connectivity index (χ2n) is 6.41. The van der Waals surface area contributed by atoms with Gasteiger partial charge in [-0.25, -0.2) is 0 Å². The highest BCUT2D eigenvalue weighted by atomic mass is 16.5. The maximum absolute atomic E-state index is 6.33. The maximum atomic E-state index is 6.33. The van der Waals surface area contributed by atoms with Gasteiger partial charge in [-0.2, -0.15) is 0 Å². The maximum Gasteiger partial charge on any atom is 0.203 e. The van der Waals surface area contributed by atoms with Crippen LogP contribution in [0.15, 0.2) is 30.3 Å². The highest BCUT2D eigenvalue weighted by molar-refractivity contribution is 5.86. The van der Waals surface area contributed by atoms with E-state index in [1.165, 1.54) is 0 Å². The number of nitrogen functional groups attached to an aromatic ring is 1. The Morgan fingerprint density at radius 1 is 0.889 bits per heavy atom. The highest BCUT2D eigenvalue weighted by Crippen LogP contribution is 2.46. The van der Waals surface area contributed by atoms with Crippen LogP contribution in [-0.4, -0.2) is 34.5 Å². The van der Waals surface area contributed by atoms with Crippen molar-refractivity contribution in [3.05, 3.63) is 47.0 Å². The molecule has 0 heterocycles. The molecule has 0 bridgehead atoms. The van der Waals surface area contributed by atoms with Crippen molar-refractivity contribution in [2.75, 3.05) is 34.2 Å². The van der Waals surface area contributed by atoms with Crippen LogP contribution < -0.4 is 30.4 Å². The van der Waals surface area contributed by atoms with Crippen molar-refractivity contribution in [1.29, 1.82) is 0 Å². The smallest absolute Gasteiger partial charge is 0.203 e. The van der Waals surface area contributed by atoms with Crippen LogP contribution in [0.1, 0.15) is 23.1 Å². The predicted molar refractivity (Wildman–Crippen MR) is 107 cm³/mol. The molecule has 2 aromatic carbocycles. The Balaban J connectivity index is 2.26. The molecular weight excluding hydrogens is 344 g/mol. The molecule has 144 valence electrons. The van der Waals surface area contributed by atoms with Gasteiger partial charge in [0.1, 0.15) is 5.75 Å². The first-order chi connectivity index (χ1) is 13.0. The van der Waals surface area contributed by atoms with E-state index in [1.807, 2.05) is 24.3 Å². The predicted octanol–water partition coefficient (Wildman–Crippen LogP) is 3.01. The lowest BCUT2D eigenvalue weighted by Crippen LogP contribution is -2.16. The third-order valence-electron chi connectivity index (χ3n) is 4.87. The van der Waals surface area contributed by atoms with E-state index in [1.54, 1.807) is 28.4 Å². The number of anilines is 1. The van der Waals surface area contributed by atoms with Crippen LogP contribution in [0.4, 0.5) is 5.69 Å². The average molecular weight is 370 g/mol. The lowest BCUT2D eigenvalue weighted by Gasteiger charge is -2.20. The van der Waals surface area contributed by atoms with Gasteiger partial charge in [0.25, 0.3) is 0 Å². The van der Waals surface area contributed by atoms with Crippen molar-refractivity contribution < 1.29 is 18.9 Å². The second-order valence-corrected chi connectivity index (χ2v) is 6.41. The minimum Gasteiger partial charge on any atom is -0.495 e. The summed E-state index contributed by atoms with van der Waals surface area (Å²) in [6.45, 7) is 0. The molecule has 1 aliphatic rings. The summed E-state index contributed by atoms with van der Waals surface area (Å²) in [4.78, 5) is 0. The van der Waals surface area contributed by atoms with Crippen LogP contribution in [-0.2, 0) is 6.42 Å². The van der Waals surface area contributed by atoms with Crippen molar-refractivity contribution in [3.63, 3.8) is 0 Å². The monoisotopic (exact) mass is 370 g/mol. The average Bonchev–Trinajstić information content (AvgIpc) is 2.85. The summed E-state index contributed by atoms with van der Waals surface area (Å²) >= 11 is 0. The van der Waals surface area contributed by atoms with Crippen LogP contribution in [0.3, 0.4) is 0 Å². The van der Waals surface area contributed by atoms with Crippen molar-refractivity contribution in [1.82, 2.24) is 0 Å². The molecule has 1 atom stereocenters. The van der Waals surface area contributed by atoms with E-state index in [-0.39, 0.29) is 6.04 Å². The third kappa shape index (κ3) is 3.40. The molecule has 27 heavy (non-hydrogen) atoms. The largest absolute Gasteiger partial charge is 0.495 e. The first-order valence-corrected chi connectivity index (χ1v) is 8.77. The molecule has 0 saturated carbocycles. The zero-order chi connectivity index (χ0) is 19.6. The van der Waals surface area contributed by atoms with Gasteiger partial charge in [-0.05, 0) is 47.7 Å². The molecule has 0 radical (unpaired) electrons. The molecule has 0 aliphatic heterocycles. The standard InChI is InChI=1S/C21H26N2O4/c1-24-18-8-5-12(9-17(18)23)15-10-13(22)6-7-14-16(15)11-19(25-2)21(27-4)20(14)26-3/h5,8-11,13H,6-7,22-23H2,1-4H3. The molecule has 0 aromatic heterocycles. The molecular formula is C21H26N2O4. The molecule has 0 fully saturated rings. The number of benzene rings is 2. The Morgan fingerprint density at radius 2 is 1.59 bits per heavy atom. The molecule has 6 nitrogen and oxygen atoms in total. The summed E-state index contributed by atoms with van der Waals surface area (Å²) < 4.78 is 22.1. The summed E-state index contributed by atoms with van der Waals surface area (Å²) in [5.41, 5.74) is 17.0. The van der Waals surface area contributed by atoms with E-state index in [4.69, 9.17) is 30.4 Å². The fraction of sp³-hybridized carbons (Fsp3) is 0.333. The van der Waals surface area contributed by atoms with Crippen LogP contribution in [0.25, 0.3) is 5.57 Å². The molecule has 0 spiro atoms. The van der Waals surface area contributed by atoms with E-state index < -0.39 is 0 Å². The fourth-order valence-corrected chi connectivity index (χ4v) is 3.56. The Labute approximate surface area is 159 Å². The second kappa shape index (κ2) is 7.80. The third-order valence-corrected chi connectivity index (χ3v) is 4.87. The Kier molecular flexibility index (Phi) is 5.46. The zero-order valence-corrected chi connectivity index (χ0v) is 16.2. The number of rotatable bonds is 5. The molecule has 3 rings (SSSR count). The lowest BCUT2D eigenvalue weighted by molar-refractivity contribution is 0.322. The van der Waals surface area contributed by atoms with E-state index in [9.17, 15) is 0 Å². The fourth-order valence-electron chi connectivity index (χ4n) is 3.56. The van der Waals surface area contributed by atoms with Crippen molar-refractivity contribution in [2.45, 2.75) is 18.9 Å². The van der Waals surface area contributed by atoms with E-state index >= 15 is 0 Å². The SMILES string of the molecule is COc1ccc(C2=CC(N)CCc3c2cc(OC)c(OC)c3OC)cc1N. The summed E-state index contributed by atoms with van der Waals surface area (Å²) in [6.07, 6.45) is 3.64. The topological polar surface area (TPSA) is 89.0 Å². The molecule has 6 heteroatoms. The first-order valence-electron chi connectivity index (χ1n) is 8.77. The van der Waals surface area contributed by atoms with Gasteiger partial charge in [0.05, 0.1) is 34.1 Å². The minimum atomic E-state index is -0.0857. The molecule has 0 amide bonds. The Bertz CT molecular complexity index is 877. The van der Waals surface area contributed by atoms with Gasteiger partial charge in [0, 0.05) is 11.6 Å². The minimum absolute atomic E-state index is 0.0857. The summed E-state index contributed by atoms with van der Waals surface area (Å²) in [5, 5.41) is 0. The van der Waals surface area contributed by atoms with Crippen LogP contribution in [0.5, 0.6) is 23.0 Å². The van der Waals surface area contributed by atoms with Crippen molar-refractivity contribution >= 4 is 11.3 Å². The van der Waals surface area contributed by atoms with Gasteiger partial charge >= 0.3 is 0 Å².